The standard InChI is InChI=1S/C10H14N4O2/c1-3-7(15)6(2)10-13-9(14-16-10)8-11-4-5-12-8/h4-7,15H,3H2,1-2H3,(H,11,12). The van der Waals surface area contributed by atoms with Crippen molar-refractivity contribution < 1.29 is 9.63 Å². The summed E-state index contributed by atoms with van der Waals surface area (Å²) in [5, 5.41) is 13.5. The number of aromatic amines is 1. The SMILES string of the molecule is CCC(O)C(C)c1nc(-c2ncc[nH]2)no1. The van der Waals surface area contributed by atoms with Gasteiger partial charge in [0.1, 0.15) is 0 Å². The molecule has 2 unspecified atom stereocenters. The largest absolute Gasteiger partial charge is 0.392 e. The van der Waals surface area contributed by atoms with Gasteiger partial charge < -0.3 is 14.6 Å². The Morgan fingerprint density at radius 2 is 2.38 bits per heavy atom. The highest BCUT2D eigenvalue weighted by Crippen LogP contribution is 2.21. The molecule has 2 aromatic rings. The topological polar surface area (TPSA) is 87.8 Å². The molecular formula is C10H14N4O2. The van der Waals surface area contributed by atoms with Crippen LogP contribution in [0.3, 0.4) is 0 Å². The average Bonchev–Trinajstić information content (AvgIpc) is 2.96. The second kappa shape index (κ2) is 4.44. The number of nitrogens with one attached hydrogen (secondary N) is 1. The van der Waals surface area contributed by atoms with Crippen LogP contribution in [0.5, 0.6) is 0 Å². The molecule has 2 atom stereocenters. The lowest BCUT2D eigenvalue weighted by molar-refractivity contribution is 0.129. The van der Waals surface area contributed by atoms with Crippen molar-refractivity contribution in [3.63, 3.8) is 0 Å². The van der Waals surface area contributed by atoms with Crippen molar-refractivity contribution in [3.05, 3.63) is 18.3 Å². The van der Waals surface area contributed by atoms with Gasteiger partial charge in [-0.15, -0.1) is 0 Å². The maximum absolute atomic E-state index is 9.67. The van der Waals surface area contributed by atoms with Gasteiger partial charge in [0.05, 0.1) is 12.0 Å². The van der Waals surface area contributed by atoms with Crippen LogP contribution in [0.4, 0.5) is 0 Å². The predicted molar refractivity (Wildman–Crippen MR) is 56.6 cm³/mol. The van der Waals surface area contributed by atoms with Gasteiger partial charge in [0.25, 0.3) is 0 Å². The Kier molecular flexibility index (Phi) is 3.00. The number of hydrogen-bond acceptors (Lipinski definition) is 5. The van der Waals surface area contributed by atoms with E-state index in [1.54, 1.807) is 12.4 Å². The molecule has 0 aliphatic carbocycles. The second-order valence-electron chi connectivity index (χ2n) is 3.66. The van der Waals surface area contributed by atoms with Crippen molar-refractivity contribution in [3.8, 4) is 11.6 Å². The van der Waals surface area contributed by atoms with Gasteiger partial charge in [-0.25, -0.2) is 4.98 Å². The third-order valence-corrected chi connectivity index (χ3v) is 2.54. The van der Waals surface area contributed by atoms with Crippen molar-refractivity contribution >= 4 is 0 Å². The van der Waals surface area contributed by atoms with Gasteiger partial charge in [-0.1, -0.05) is 19.0 Å². The summed E-state index contributed by atoms with van der Waals surface area (Å²) in [7, 11) is 0. The van der Waals surface area contributed by atoms with Gasteiger partial charge in [0, 0.05) is 12.4 Å². The molecule has 0 spiro atoms. The van der Waals surface area contributed by atoms with E-state index in [2.05, 4.69) is 20.1 Å². The lowest BCUT2D eigenvalue weighted by atomic mass is 10.0. The first-order valence-corrected chi connectivity index (χ1v) is 5.23. The first-order valence-electron chi connectivity index (χ1n) is 5.23. The molecule has 0 aliphatic rings. The highest BCUT2D eigenvalue weighted by atomic mass is 16.5. The third kappa shape index (κ3) is 1.96. The smallest absolute Gasteiger partial charge is 0.238 e. The Balaban J connectivity index is 2.20. The lowest BCUT2D eigenvalue weighted by Crippen LogP contribution is -2.14. The first-order chi connectivity index (χ1) is 7.72. The van der Waals surface area contributed by atoms with Gasteiger partial charge >= 0.3 is 0 Å². The Labute approximate surface area is 92.7 Å². The van der Waals surface area contributed by atoms with E-state index >= 15 is 0 Å². The van der Waals surface area contributed by atoms with Gasteiger partial charge in [-0.2, -0.15) is 4.98 Å². The summed E-state index contributed by atoms with van der Waals surface area (Å²) in [5.74, 6) is 1.24. The second-order valence-corrected chi connectivity index (χ2v) is 3.66. The van der Waals surface area contributed by atoms with E-state index in [-0.39, 0.29) is 5.92 Å². The highest BCUT2D eigenvalue weighted by molar-refractivity contribution is 5.40. The molecular weight excluding hydrogens is 208 g/mol. The number of aliphatic hydroxyl groups excluding tert-OH is 1. The van der Waals surface area contributed by atoms with Gasteiger partial charge in [-0.05, 0) is 6.42 Å². The summed E-state index contributed by atoms with van der Waals surface area (Å²) in [6, 6.07) is 0. The molecule has 6 nitrogen and oxygen atoms in total. The highest BCUT2D eigenvalue weighted by Gasteiger charge is 2.21. The molecule has 2 heterocycles. The van der Waals surface area contributed by atoms with E-state index in [1.807, 2.05) is 13.8 Å². The van der Waals surface area contributed by atoms with E-state index in [9.17, 15) is 5.11 Å². The number of hydrogen-bond donors (Lipinski definition) is 2. The molecule has 0 saturated carbocycles. The fourth-order valence-electron chi connectivity index (χ4n) is 1.42. The quantitative estimate of drug-likeness (QED) is 0.814. The third-order valence-electron chi connectivity index (χ3n) is 2.54. The summed E-state index contributed by atoms with van der Waals surface area (Å²) < 4.78 is 5.09. The number of aliphatic hydroxyl groups is 1. The maximum Gasteiger partial charge on any atom is 0.238 e. The van der Waals surface area contributed by atoms with Crippen LogP contribution in [0, 0.1) is 0 Å². The van der Waals surface area contributed by atoms with Crippen molar-refractivity contribution in [2.45, 2.75) is 32.3 Å². The Hall–Kier alpha value is -1.69. The van der Waals surface area contributed by atoms with E-state index in [0.29, 0.717) is 24.0 Å². The van der Waals surface area contributed by atoms with Crippen molar-refractivity contribution in [2.75, 3.05) is 0 Å². The number of aromatic nitrogens is 4. The molecule has 0 fully saturated rings. The van der Waals surface area contributed by atoms with Crippen molar-refractivity contribution in [1.82, 2.24) is 20.1 Å². The first kappa shape index (κ1) is 10.8. The number of rotatable bonds is 4. The fraction of sp³-hybridized carbons (Fsp3) is 0.500. The minimum atomic E-state index is -0.468. The van der Waals surface area contributed by atoms with Crippen LogP contribution >= 0.6 is 0 Å². The molecule has 16 heavy (non-hydrogen) atoms. The van der Waals surface area contributed by atoms with E-state index in [0.717, 1.165) is 0 Å². The van der Waals surface area contributed by atoms with Crippen molar-refractivity contribution in [1.29, 1.82) is 0 Å². The van der Waals surface area contributed by atoms with Crippen LogP contribution in [0.1, 0.15) is 32.1 Å². The van der Waals surface area contributed by atoms with Crippen LogP contribution in [-0.2, 0) is 0 Å². The summed E-state index contributed by atoms with van der Waals surface area (Å²) in [6.07, 6.45) is 3.50. The fourth-order valence-corrected chi connectivity index (χ4v) is 1.42. The normalized spacial score (nSPS) is 14.9. The summed E-state index contributed by atoms with van der Waals surface area (Å²) in [6.45, 7) is 3.76. The Morgan fingerprint density at radius 1 is 1.56 bits per heavy atom. The van der Waals surface area contributed by atoms with Gasteiger partial charge in [-0.3, -0.25) is 0 Å². The monoisotopic (exact) mass is 222 g/mol. The molecule has 0 amide bonds. The zero-order chi connectivity index (χ0) is 11.5. The molecule has 0 aromatic carbocycles. The molecule has 0 aliphatic heterocycles. The van der Waals surface area contributed by atoms with Crippen LogP contribution in [0.25, 0.3) is 11.6 Å². The lowest BCUT2D eigenvalue weighted by Gasteiger charge is -2.11. The zero-order valence-electron chi connectivity index (χ0n) is 9.21. The van der Waals surface area contributed by atoms with E-state index in [4.69, 9.17) is 4.52 Å². The van der Waals surface area contributed by atoms with E-state index in [1.165, 1.54) is 0 Å². The average molecular weight is 222 g/mol. The zero-order valence-corrected chi connectivity index (χ0v) is 9.21. The number of nitrogens with zero attached hydrogens (tertiary/aromatic N) is 3. The maximum atomic E-state index is 9.67. The van der Waals surface area contributed by atoms with Crippen LogP contribution in [0.15, 0.2) is 16.9 Å². The van der Waals surface area contributed by atoms with Crippen LogP contribution in [-0.4, -0.2) is 31.3 Å². The molecule has 0 radical (unpaired) electrons. The van der Waals surface area contributed by atoms with Gasteiger partial charge in [0.2, 0.25) is 11.7 Å². The molecule has 6 heteroatoms. The molecule has 2 aromatic heterocycles. The summed E-state index contributed by atoms with van der Waals surface area (Å²) in [4.78, 5) is 11.1. The molecule has 0 saturated heterocycles. The summed E-state index contributed by atoms with van der Waals surface area (Å²) >= 11 is 0. The van der Waals surface area contributed by atoms with Gasteiger partial charge in [0.15, 0.2) is 5.82 Å². The molecule has 0 bridgehead atoms. The molecule has 2 N–H and O–H groups in total. The van der Waals surface area contributed by atoms with Crippen LogP contribution < -0.4 is 0 Å². The van der Waals surface area contributed by atoms with Crippen LogP contribution in [0.2, 0.25) is 0 Å². The Morgan fingerprint density at radius 3 is 3.00 bits per heavy atom. The Bertz CT molecular complexity index is 437. The van der Waals surface area contributed by atoms with E-state index < -0.39 is 6.10 Å². The summed E-state index contributed by atoms with van der Waals surface area (Å²) in [5.41, 5.74) is 0. The van der Waals surface area contributed by atoms with Crippen molar-refractivity contribution in [2.24, 2.45) is 0 Å². The minimum Gasteiger partial charge on any atom is -0.392 e. The predicted octanol–water partition coefficient (Wildman–Crippen LogP) is 1.33. The minimum absolute atomic E-state index is 0.166. The number of imidazole rings is 1. The number of H-pyrrole nitrogens is 1. The molecule has 2 rings (SSSR count). The molecule has 86 valence electrons.